The fraction of sp³-hybridized carbons (Fsp3) is 0.412. The van der Waals surface area contributed by atoms with Gasteiger partial charge < -0.3 is 15.6 Å². The number of imidazole rings is 1. The third kappa shape index (κ3) is 4.76. The summed E-state index contributed by atoms with van der Waals surface area (Å²) in [5.41, 5.74) is 6.20. The third-order valence-electron chi connectivity index (χ3n) is 4.50. The van der Waals surface area contributed by atoms with Crippen LogP contribution in [-0.4, -0.2) is 33.9 Å². The van der Waals surface area contributed by atoms with Crippen LogP contribution in [0.2, 0.25) is 0 Å². The fourth-order valence-electron chi connectivity index (χ4n) is 3.13. The van der Waals surface area contributed by atoms with Gasteiger partial charge in [-0.25, -0.2) is 4.98 Å². The lowest BCUT2D eigenvalue weighted by molar-refractivity contribution is -0.138. The quantitative estimate of drug-likeness (QED) is 0.751. The van der Waals surface area contributed by atoms with E-state index in [1.54, 1.807) is 13.1 Å². The number of aromatic nitrogens is 2. The highest BCUT2D eigenvalue weighted by atomic mass is 79.9. The molecule has 0 spiro atoms. The van der Waals surface area contributed by atoms with Gasteiger partial charge in [-0.1, -0.05) is 28.1 Å². The smallest absolute Gasteiger partial charge is 0.246 e. The molecule has 138 valence electrons. The van der Waals surface area contributed by atoms with E-state index < -0.39 is 5.54 Å². The van der Waals surface area contributed by atoms with Crippen LogP contribution in [-0.2, 0) is 10.3 Å². The maximum Gasteiger partial charge on any atom is 0.246 e. The number of rotatable bonds is 3. The number of H-pyrrole nitrogens is 1. The predicted molar refractivity (Wildman–Crippen MR) is 107 cm³/mol. The summed E-state index contributed by atoms with van der Waals surface area (Å²) in [7, 11) is 0. The van der Waals surface area contributed by atoms with E-state index in [4.69, 9.17) is 5.73 Å². The molecule has 25 heavy (non-hydrogen) atoms. The zero-order valence-corrected chi connectivity index (χ0v) is 17.2. The van der Waals surface area contributed by atoms with E-state index in [-0.39, 0.29) is 36.6 Å². The molecule has 2 unspecified atom stereocenters. The van der Waals surface area contributed by atoms with Crippen molar-refractivity contribution < 1.29 is 4.79 Å². The Labute approximate surface area is 168 Å². The Morgan fingerprint density at radius 3 is 2.64 bits per heavy atom. The average molecular weight is 450 g/mol. The van der Waals surface area contributed by atoms with Gasteiger partial charge in [0, 0.05) is 35.9 Å². The number of carbonyl (C=O) groups excluding carboxylic acids is 1. The summed E-state index contributed by atoms with van der Waals surface area (Å²) >= 11 is 3.41. The molecule has 2 heterocycles. The molecule has 0 radical (unpaired) electrons. The minimum Gasteiger partial charge on any atom is -0.348 e. The molecular weight excluding hydrogens is 427 g/mol. The second-order valence-electron chi connectivity index (χ2n) is 6.27. The summed E-state index contributed by atoms with van der Waals surface area (Å²) in [4.78, 5) is 22.3. The second kappa shape index (κ2) is 9.03. The standard InChI is InChI=1S/C17H21BrN4O.2ClH/c1-17(19,13-4-6-14(18)7-5-13)16(23)22-10-2-3-12(11-22)15-20-8-9-21-15;;/h4-9,12H,2-3,10-11,19H2,1H3,(H,20,21);2*1H. The summed E-state index contributed by atoms with van der Waals surface area (Å²) in [6, 6.07) is 7.62. The number of benzene rings is 1. The Morgan fingerprint density at radius 1 is 1.36 bits per heavy atom. The Morgan fingerprint density at radius 2 is 2.04 bits per heavy atom. The molecular formula is C17H23BrCl2N4O. The van der Waals surface area contributed by atoms with Crippen molar-refractivity contribution >= 4 is 46.7 Å². The predicted octanol–water partition coefficient (Wildman–Crippen LogP) is 3.60. The molecule has 0 bridgehead atoms. The lowest BCUT2D eigenvalue weighted by Gasteiger charge is -2.37. The summed E-state index contributed by atoms with van der Waals surface area (Å²) in [6.45, 7) is 3.20. The van der Waals surface area contributed by atoms with Crippen molar-refractivity contribution in [3.8, 4) is 0 Å². The van der Waals surface area contributed by atoms with Crippen molar-refractivity contribution in [2.75, 3.05) is 13.1 Å². The lowest BCUT2D eigenvalue weighted by Crippen LogP contribution is -2.53. The number of halogens is 3. The molecule has 1 aromatic heterocycles. The SMILES string of the molecule is CC(N)(C(=O)N1CCCC(c2ncc[nH]2)C1)c1ccc(Br)cc1.Cl.Cl. The average Bonchev–Trinajstić information content (AvgIpc) is 3.09. The van der Waals surface area contributed by atoms with Crippen LogP contribution in [0.1, 0.15) is 37.1 Å². The molecule has 3 N–H and O–H groups in total. The molecule has 1 amide bonds. The van der Waals surface area contributed by atoms with Crippen molar-refractivity contribution in [1.82, 2.24) is 14.9 Å². The summed E-state index contributed by atoms with van der Waals surface area (Å²) in [5.74, 6) is 1.17. The van der Waals surface area contributed by atoms with Crippen LogP contribution in [0.4, 0.5) is 0 Å². The first kappa shape index (κ1) is 22.0. The first-order valence-corrected chi connectivity index (χ1v) is 8.61. The van der Waals surface area contributed by atoms with Crippen molar-refractivity contribution in [2.45, 2.75) is 31.2 Å². The van der Waals surface area contributed by atoms with Crippen molar-refractivity contribution in [1.29, 1.82) is 0 Å². The molecule has 0 aliphatic carbocycles. The number of piperidine rings is 1. The van der Waals surface area contributed by atoms with Gasteiger partial charge in [-0.15, -0.1) is 24.8 Å². The van der Waals surface area contributed by atoms with Crippen LogP contribution in [0.25, 0.3) is 0 Å². The zero-order valence-electron chi connectivity index (χ0n) is 13.9. The normalized spacial score (nSPS) is 19.3. The van der Waals surface area contributed by atoms with Crippen LogP contribution in [0.5, 0.6) is 0 Å². The van der Waals surface area contributed by atoms with Gasteiger partial charge >= 0.3 is 0 Å². The maximum atomic E-state index is 13.0. The van der Waals surface area contributed by atoms with Crippen LogP contribution in [0.15, 0.2) is 41.1 Å². The third-order valence-corrected chi connectivity index (χ3v) is 5.03. The molecule has 2 aromatic rings. The highest BCUT2D eigenvalue weighted by molar-refractivity contribution is 9.10. The number of nitrogens with two attached hydrogens (primary N) is 1. The molecule has 8 heteroatoms. The van der Waals surface area contributed by atoms with Gasteiger partial charge in [0.15, 0.2) is 0 Å². The van der Waals surface area contributed by atoms with Crippen molar-refractivity contribution in [2.24, 2.45) is 5.73 Å². The topological polar surface area (TPSA) is 75.0 Å². The van der Waals surface area contributed by atoms with Gasteiger partial charge in [-0.2, -0.15) is 0 Å². The van der Waals surface area contributed by atoms with Gasteiger partial charge in [0.05, 0.1) is 0 Å². The largest absolute Gasteiger partial charge is 0.348 e. The highest BCUT2D eigenvalue weighted by Gasteiger charge is 2.37. The van der Waals surface area contributed by atoms with E-state index in [2.05, 4.69) is 25.9 Å². The van der Waals surface area contributed by atoms with E-state index in [1.807, 2.05) is 35.4 Å². The number of carbonyl (C=O) groups is 1. The van der Waals surface area contributed by atoms with Crippen molar-refractivity contribution in [3.63, 3.8) is 0 Å². The highest BCUT2D eigenvalue weighted by Crippen LogP contribution is 2.28. The molecule has 3 rings (SSSR count). The fourth-order valence-corrected chi connectivity index (χ4v) is 3.40. The van der Waals surface area contributed by atoms with Crippen molar-refractivity contribution in [3.05, 3.63) is 52.5 Å². The van der Waals surface area contributed by atoms with E-state index >= 15 is 0 Å². The Bertz CT molecular complexity index is 676. The number of hydrogen-bond donors (Lipinski definition) is 2. The van der Waals surface area contributed by atoms with Gasteiger partial charge in [-0.3, -0.25) is 4.79 Å². The molecule has 2 atom stereocenters. The first-order chi connectivity index (χ1) is 11.0. The molecule has 1 aromatic carbocycles. The van der Waals surface area contributed by atoms with Gasteiger partial charge in [0.25, 0.3) is 0 Å². The molecule has 5 nitrogen and oxygen atoms in total. The minimum absolute atomic E-state index is 0. The minimum atomic E-state index is -1.02. The number of amides is 1. The maximum absolute atomic E-state index is 13.0. The van der Waals surface area contributed by atoms with Gasteiger partial charge in [-0.05, 0) is 37.5 Å². The second-order valence-corrected chi connectivity index (χ2v) is 7.19. The van der Waals surface area contributed by atoms with Crippen LogP contribution < -0.4 is 5.73 Å². The molecule has 1 saturated heterocycles. The van der Waals surface area contributed by atoms with Crippen LogP contribution in [0, 0.1) is 0 Å². The number of nitrogens with one attached hydrogen (secondary N) is 1. The summed E-state index contributed by atoms with van der Waals surface area (Å²) < 4.78 is 0.973. The Balaban J connectivity index is 0.00000156. The number of aromatic amines is 1. The molecule has 0 saturated carbocycles. The first-order valence-electron chi connectivity index (χ1n) is 7.82. The Kier molecular flexibility index (Phi) is 7.93. The number of nitrogens with zero attached hydrogens (tertiary/aromatic N) is 2. The summed E-state index contributed by atoms with van der Waals surface area (Å²) in [5, 5.41) is 0. The number of hydrogen-bond acceptors (Lipinski definition) is 3. The van der Waals surface area contributed by atoms with E-state index in [9.17, 15) is 4.79 Å². The van der Waals surface area contributed by atoms with E-state index in [0.29, 0.717) is 6.54 Å². The van der Waals surface area contributed by atoms with Crippen LogP contribution >= 0.6 is 40.7 Å². The number of likely N-dealkylation sites (tertiary alicyclic amines) is 1. The zero-order chi connectivity index (χ0) is 16.4. The lowest BCUT2D eigenvalue weighted by atomic mass is 9.89. The van der Waals surface area contributed by atoms with Crippen LogP contribution in [0.3, 0.4) is 0 Å². The van der Waals surface area contributed by atoms with Gasteiger partial charge in [0.1, 0.15) is 11.4 Å². The van der Waals surface area contributed by atoms with E-state index in [1.165, 1.54) is 0 Å². The van der Waals surface area contributed by atoms with E-state index in [0.717, 1.165) is 35.2 Å². The molecule has 1 aliphatic heterocycles. The van der Waals surface area contributed by atoms with Gasteiger partial charge in [0.2, 0.25) is 5.91 Å². The molecule has 1 fully saturated rings. The summed E-state index contributed by atoms with van der Waals surface area (Å²) in [6.07, 6.45) is 5.58. The monoisotopic (exact) mass is 448 g/mol. The Hall–Kier alpha value is -1.08. The molecule has 1 aliphatic rings.